The van der Waals surface area contributed by atoms with E-state index in [-0.39, 0.29) is 18.0 Å². The second-order valence-electron chi connectivity index (χ2n) is 7.64. The lowest BCUT2D eigenvalue weighted by Crippen LogP contribution is -2.37. The molecule has 162 valence electrons. The molecule has 0 fully saturated rings. The van der Waals surface area contributed by atoms with Crippen LogP contribution in [0.15, 0.2) is 71.6 Å². The molecule has 1 N–H and O–H groups in total. The molecule has 0 saturated heterocycles. The van der Waals surface area contributed by atoms with Gasteiger partial charge in [0.15, 0.2) is 0 Å². The number of nitrogens with one attached hydrogen (secondary N) is 1. The Morgan fingerprint density at radius 3 is 2.16 bits per heavy atom. The largest absolute Gasteiger partial charge is 0.325 e. The van der Waals surface area contributed by atoms with E-state index in [9.17, 15) is 13.2 Å². The van der Waals surface area contributed by atoms with Gasteiger partial charge in [-0.15, -0.1) is 0 Å². The topological polar surface area (TPSA) is 66.5 Å². The van der Waals surface area contributed by atoms with E-state index in [0.29, 0.717) is 10.7 Å². The van der Waals surface area contributed by atoms with Crippen LogP contribution in [-0.2, 0) is 21.4 Å². The van der Waals surface area contributed by atoms with E-state index >= 15 is 0 Å². The van der Waals surface area contributed by atoms with E-state index in [1.807, 2.05) is 63.2 Å². The maximum Gasteiger partial charge on any atom is 0.243 e. The van der Waals surface area contributed by atoms with Gasteiger partial charge in [-0.3, -0.25) is 4.79 Å². The Labute approximate surface area is 188 Å². The zero-order chi connectivity index (χ0) is 22.6. The second kappa shape index (κ2) is 9.64. The van der Waals surface area contributed by atoms with Crippen molar-refractivity contribution in [2.24, 2.45) is 0 Å². The lowest BCUT2D eigenvalue weighted by molar-refractivity contribution is -0.116. The van der Waals surface area contributed by atoms with Crippen molar-refractivity contribution in [3.8, 4) is 0 Å². The van der Waals surface area contributed by atoms with Gasteiger partial charge >= 0.3 is 0 Å². The van der Waals surface area contributed by atoms with Gasteiger partial charge in [0.2, 0.25) is 15.9 Å². The molecular formula is C24H25ClN2O3S. The van der Waals surface area contributed by atoms with E-state index < -0.39 is 15.9 Å². The van der Waals surface area contributed by atoms with Gasteiger partial charge in [-0.2, -0.15) is 4.31 Å². The Bertz CT molecular complexity index is 1170. The van der Waals surface area contributed by atoms with Crippen molar-refractivity contribution < 1.29 is 13.2 Å². The fraction of sp³-hybridized carbons (Fsp3) is 0.208. The fourth-order valence-corrected chi connectivity index (χ4v) is 4.91. The van der Waals surface area contributed by atoms with Crippen LogP contribution in [0, 0.1) is 20.8 Å². The first kappa shape index (κ1) is 23.0. The Morgan fingerprint density at radius 1 is 0.903 bits per heavy atom. The summed E-state index contributed by atoms with van der Waals surface area (Å²) in [5, 5.41) is 3.26. The summed E-state index contributed by atoms with van der Waals surface area (Å²) in [6, 6.07) is 19.2. The molecule has 3 aromatic rings. The number of carbonyl (C=O) groups is 1. The SMILES string of the molecule is Cc1cccc(CN(CC(=O)Nc2cc(C)cc(C)c2)S(=O)(=O)c2ccc(Cl)cc2)c1. The van der Waals surface area contributed by atoms with Crippen LogP contribution in [0.25, 0.3) is 0 Å². The number of hydrogen-bond donors (Lipinski definition) is 1. The Hall–Kier alpha value is -2.67. The van der Waals surface area contributed by atoms with E-state index in [1.54, 1.807) is 0 Å². The highest BCUT2D eigenvalue weighted by Gasteiger charge is 2.27. The number of halogens is 1. The molecule has 0 aliphatic rings. The zero-order valence-corrected chi connectivity index (χ0v) is 19.3. The number of anilines is 1. The first-order chi connectivity index (χ1) is 14.6. The molecule has 0 bridgehead atoms. The average Bonchev–Trinajstić information content (AvgIpc) is 2.67. The number of rotatable bonds is 7. The first-order valence-corrected chi connectivity index (χ1v) is 11.6. The van der Waals surface area contributed by atoms with Crippen LogP contribution in [0.5, 0.6) is 0 Å². The summed E-state index contributed by atoms with van der Waals surface area (Å²) in [4.78, 5) is 12.9. The van der Waals surface area contributed by atoms with Crippen molar-refractivity contribution in [1.82, 2.24) is 4.31 Å². The van der Waals surface area contributed by atoms with Crippen molar-refractivity contribution in [3.63, 3.8) is 0 Å². The van der Waals surface area contributed by atoms with Gasteiger partial charge in [0.05, 0.1) is 11.4 Å². The molecule has 0 aliphatic heterocycles. The number of sulfonamides is 1. The Morgan fingerprint density at radius 2 is 1.55 bits per heavy atom. The monoisotopic (exact) mass is 456 g/mol. The highest BCUT2D eigenvalue weighted by molar-refractivity contribution is 7.89. The minimum Gasteiger partial charge on any atom is -0.325 e. The molecule has 0 atom stereocenters. The van der Waals surface area contributed by atoms with Crippen LogP contribution in [0.2, 0.25) is 5.02 Å². The predicted octanol–water partition coefficient (Wildman–Crippen LogP) is 5.09. The highest BCUT2D eigenvalue weighted by atomic mass is 35.5. The predicted molar refractivity (Wildman–Crippen MR) is 125 cm³/mol. The molecule has 0 heterocycles. The molecule has 0 aliphatic carbocycles. The quantitative estimate of drug-likeness (QED) is 0.538. The third-order valence-electron chi connectivity index (χ3n) is 4.72. The molecule has 0 unspecified atom stereocenters. The van der Waals surface area contributed by atoms with Crippen molar-refractivity contribution in [2.45, 2.75) is 32.2 Å². The molecule has 5 nitrogen and oxygen atoms in total. The standard InChI is InChI=1S/C24H25ClN2O3S/c1-17-5-4-6-20(12-17)15-27(31(29,30)23-9-7-21(25)8-10-23)16-24(28)26-22-13-18(2)11-19(3)14-22/h4-14H,15-16H2,1-3H3,(H,26,28). The molecule has 1 amide bonds. The van der Waals surface area contributed by atoms with Crippen LogP contribution in [0.4, 0.5) is 5.69 Å². The highest BCUT2D eigenvalue weighted by Crippen LogP contribution is 2.21. The normalized spacial score (nSPS) is 11.5. The molecule has 0 spiro atoms. The average molecular weight is 457 g/mol. The van der Waals surface area contributed by atoms with Crippen molar-refractivity contribution in [1.29, 1.82) is 0 Å². The van der Waals surface area contributed by atoms with Crippen molar-refractivity contribution in [3.05, 3.63) is 94.0 Å². The summed E-state index contributed by atoms with van der Waals surface area (Å²) in [6.07, 6.45) is 0. The molecule has 0 radical (unpaired) electrons. The lowest BCUT2D eigenvalue weighted by atomic mass is 10.1. The van der Waals surface area contributed by atoms with Crippen LogP contribution in [0.3, 0.4) is 0 Å². The maximum atomic E-state index is 13.3. The van der Waals surface area contributed by atoms with Crippen LogP contribution < -0.4 is 5.32 Å². The second-order valence-corrected chi connectivity index (χ2v) is 10.0. The van der Waals surface area contributed by atoms with Gasteiger partial charge in [0.1, 0.15) is 0 Å². The number of carbonyl (C=O) groups excluding carboxylic acids is 1. The number of nitrogens with zero attached hydrogens (tertiary/aromatic N) is 1. The molecule has 3 rings (SSSR count). The molecule has 31 heavy (non-hydrogen) atoms. The molecule has 3 aromatic carbocycles. The van der Waals surface area contributed by atoms with Crippen molar-refractivity contribution >= 4 is 33.2 Å². The van der Waals surface area contributed by atoms with Crippen LogP contribution >= 0.6 is 11.6 Å². The zero-order valence-electron chi connectivity index (χ0n) is 17.7. The maximum absolute atomic E-state index is 13.3. The number of aryl methyl sites for hydroxylation is 3. The Balaban J connectivity index is 1.89. The Kier molecular flexibility index (Phi) is 7.15. The molecule has 7 heteroatoms. The van der Waals surface area contributed by atoms with Crippen LogP contribution in [-0.4, -0.2) is 25.2 Å². The van der Waals surface area contributed by atoms with Crippen LogP contribution in [0.1, 0.15) is 22.3 Å². The summed E-state index contributed by atoms with van der Waals surface area (Å²) in [6.45, 7) is 5.59. The third kappa shape index (κ3) is 6.17. The van der Waals surface area contributed by atoms with E-state index in [0.717, 1.165) is 22.3 Å². The van der Waals surface area contributed by atoms with Gasteiger partial charge < -0.3 is 5.32 Å². The van der Waals surface area contributed by atoms with Gasteiger partial charge in [-0.25, -0.2) is 8.42 Å². The van der Waals surface area contributed by atoms with E-state index in [2.05, 4.69) is 5.32 Å². The third-order valence-corrected chi connectivity index (χ3v) is 6.78. The molecular weight excluding hydrogens is 432 g/mol. The number of benzene rings is 3. The van der Waals surface area contributed by atoms with Gasteiger partial charge in [0, 0.05) is 17.3 Å². The summed E-state index contributed by atoms with van der Waals surface area (Å²) in [5.41, 5.74) is 4.49. The smallest absolute Gasteiger partial charge is 0.243 e. The fourth-order valence-electron chi connectivity index (χ4n) is 3.40. The van der Waals surface area contributed by atoms with Gasteiger partial charge in [-0.05, 0) is 73.9 Å². The minimum atomic E-state index is -3.92. The number of amides is 1. The minimum absolute atomic E-state index is 0.0763. The van der Waals surface area contributed by atoms with E-state index in [4.69, 9.17) is 11.6 Å². The number of hydrogen-bond acceptors (Lipinski definition) is 3. The van der Waals surface area contributed by atoms with Crippen molar-refractivity contribution in [2.75, 3.05) is 11.9 Å². The lowest BCUT2D eigenvalue weighted by Gasteiger charge is -2.22. The van der Waals surface area contributed by atoms with Gasteiger partial charge in [-0.1, -0.05) is 47.5 Å². The molecule has 0 saturated carbocycles. The molecule has 0 aromatic heterocycles. The van der Waals surface area contributed by atoms with E-state index in [1.165, 1.54) is 28.6 Å². The van der Waals surface area contributed by atoms with Gasteiger partial charge in [0.25, 0.3) is 0 Å². The first-order valence-electron chi connectivity index (χ1n) is 9.83. The summed E-state index contributed by atoms with van der Waals surface area (Å²) < 4.78 is 27.8. The summed E-state index contributed by atoms with van der Waals surface area (Å²) in [7, 11) is -3.92. The summed E-state index contributed by atoms with van der Waals surface area (Å²) >= 11 is 5.92. The summed E-state index contributed by atoms with van der Waals surface area (Å²) in [5.74, 6) is -0.407.